The van der Waals surface area contributed by atoms with E-state index in [-0.39, 0.29) is 6.61 Å². The van der Waals surface area contributed by atoms with Crippen LogP contribution in [0.4, 0.5) is 0 Å². The number of rotatable bonds is 14. The van der Waals surface area contributed by atoms with Gasteiger partial charge >= 0.3 is 11.9 Å². The molecule has 0 aromatic heterocycles. The number of ether oxygens (including phenoxy) is 2. The average Bonchev–Trinajstić information content (AvgIpc) is 3.00. The van der Waals surface area contributed by atoms with Gasteiger partial charge in [-0.15, -0.1) is 23.5 Å². The highest BCUT2D eigenvalue weighted by molar-refractivity contribution is 7.99. The molecule has 1 unspecified atom stereocenters. The maximum absolute atomic E-state index is 11.3. The number of aliphatic carboxylic acids is 2. The summed E-state index contributed by atoms with van der Waals surface area (Å²) >= 11 is 3.34. The van der Waals surface area contributed by atoms with Gasteiger partial charge in [0.25, 0.3) is 0 Å². The molecule has 0 bridgehead atoms. The smallest absolute Gasteiger partial charge is 0.341 e. The Kier molecular flexibility index (Phi) is 14.8. The van der Waals surface area contributed by atoms with E-state index in [4.69, 9.17) is 14.6 Å². The highest BCUT2D eigenvalue weighted by Crippen LogP contribution is 2.25. The van der Waals surface area contributed by atoms with Gasteiger partial charge in [0, 0.05) is 45.5 Å². The Morgan fingerprint density at radius 3 is 2.05 bits per heavy atom. The van der Waals surface area contributed by atoms with E-state index in [1.54, 1.807) is 36.5 Å². The Bertz CT molecular complexity index is 1590. The van der Waals surface area contributed by atoms with Crippen LogP contribution in [-0.4, -0.2) is 53.0 Å². The molecule has 0 saturated heterocycles. The van der Waals surface area contributed by atoms with Crippen LogP contribution < -0.4 is 4.74 Å². The molecular formula is C36H34O6S2. The van der Waals surface area contributed by atoms with Crippen molar-refractivity contribution in [2.75, 3.05) is 24.7 Å². The zero-order valence-electron chi connectivity index (χ0n) is 24.6. The standard InChI is InChI=1S/C36H34O6S2/c1-3-41-34(36(39)40)25-30-15-17-31(18-16-30)43-21-8-4-6-11-28-13-10-14-29(24-28)12-7-5-9-22-44-32-19-20-33(27(2)23-32)42-26-35(37)38/h4-5,8-10,13-20,23-24,34H,3,21-22,25-26H2,1-2H3,(H,37,38)(H,39,40)/b8-4+,9-5+. The molecule has 0 heterocycles. The molecule has 3 aromatic rings. The Balaban J connectivity index is 1.41. The number of hydrogen-bond donors (Lipinski definition) is 2. The summed E-state index contributed by atoms with van der Waals surface area (Å²) in [6, 6.07) is 21.4. The van der Waals surface area contributed by atoms with E-state index in [9.17, 15) is 14.7 Å². The first kappa shape index (κ1) is 34.2. The SMILES string of the molecule is CCOC(Cc1ccc(SC/C=C/C#Cc2cccc(C#C/C=C/CSc3ccc(OCC(=O)O)c(C)c3)c2)cc1)C(=O)O. The number of benzene rings is 3. The summed E-state index contributed by atoms with van der Waals surface area (Å²) in [5, 5.41) is 18.0. The summed E-state index contributed by atoms with van der Waals surface area (Å²) in [7, 11) is 0. The van der Waals surface area contributed by atoms with Crippen LogP contribution in [0.25, 0.3) is 0 Å². The molecular weight excluding hydrogens is 593 g/mol. The molecule has 3 rings (SSSR count). The molecule has 0 aliphatic rings. The molecule has 0 amide bonds. The molecule has 3 aromatic carbocycles. The average molecular weight is 627 g/mol. The maximum atomic E-state index is 11.3. The normalized spacial score (nSPS) is 11.4. The first-order valence-corrected chi connectivity index (χ1v) is 15.9. The highest BCUT2D eigenvalue weighted by Gasteiger charge is 2.17. The van der Waals surface area contributed by atoms with E-state index in [1.807, 2.05) is 91.9 Å². The Morgan fingerprint density at radius 2 is 1.48 bits per heavy atom. The number of carboxylic acids is 2. The minimum Gasteiger partial charge on any atom is -0.482 e. The highest BCUT2D eigenvalue weighted by atomic mass is 32.2. The third kappa shape index (κ3) is 12.9. The fourth-order valence-electron chi connectivity index (χ4n) is 3.80. The largest absolute Gasteiger partial charge is 0.482 e. The van der Waals surface area contributed by atoms with Crippen molar-refractivity contribution in [3.63, 3.8) is 0 Å². The monoisotopic (exact) mass is 626 g/mol. The minimum absolute atomic E-state index is 0.346. The number of aryl methyl sites for hydroxylation is 1. The van der Waals surface area contributed by atoms with Crippen molar-refractivity contribution in [3.8, 4) is 29.4 Å². The van der Waals surface area contributed by atoms with E-state index < -0.39 is 18.0 Å². The van der Waals surface area contributed by atoms with Crippen LogP contribution in [0.5, 0.6) is 5.75 Å². The molecule has 0 aliphatic heterocycles. The minimum atomic E-state index is -0.998. The van der Waals surface area contributed by atoms with E-state index >= 15 is 0 Å². The molecule has 2 N–H and O–H groups in total. The summed E-state index contributed by atoms with van der Waals surface area (Å²) in [5.74, 6) is 12.6. The second-order valence-electron chi connectivity index (χ2n) is 9.29. The van der Waals surface area contributed by atoms with Crippen LogP contribution in [0.2, 0.25) is 0 Å². The predicted octanol–water partition coefficient (Wildman–Crippen LogP) is 6.89. The van der Waals surface area contributed by atoms with Crippen molar-refractivity contribution in [1.82, 2.24) is 0 Å². The first-order valence-electron chi connectivity index (χ1n) is 13.9. The zero-order chi connectivity index (χ0) is 31.6. The lowest BCUT2D eigenvalue weighted by molar-refractivity contribution is -0.150. The van der Waals surface area contributed by atoms with Gasteiger partial charge in [-0.1, -0.05) is 54.0 Å². The van der Waals surface area contributed by atoms with Gasteiger partial charge in [-0.25, -0.2) is 9.59 Å². The molecule has 0 fully saturated rings. The number of hydrogen-bond acceptors (Lipinski definition) is 6. The topological polar surface area (TPSA) is 93.1 Å². The van der Waals surface area contributed by atoms with Crippen LogP contribution in [0.15, 0.2) is 101 Å². The maximum Gasteiger partial charge on any atom is 0.341 e. The number of carbonyl (C=O) groups is 2. The molecule has 44 heavy (non-hydrogen) atoms. The van der Waals surface area contributed by atoms with Crippen LogP contribution in [-0.2, 0) is 20.7 Å². The van der Waals surface area contributed by atoms with Crippen molar-refractivity contribution in [2.45, 2.75) is 36.2 Å². The first-order chi connectivity index (χ1) is 21.3. The second kappa shape index (κ2) is 19.0. The van der Waals surface area contributed by atoms with Crippen molar-refractivity contribution in [3.05, 3.63) is 113 Å². The molecule has 0 saturated carbocycles. The van der Waals surface area contributed by atoms with Gasteiger partial charge in [-0.05, 0) is 85.7 Å². The summed E-state index contributed by atoms with van der Waals surface area (Å²) in [5.41, 5.74) is 3.61. The lowest BCUT2D eigenvalue weighted by Gasteiger charge is -2.12. The predicted molar refractivity (Wildman–Crippen MR) is 177 cm³/mol. The van der Waals surface area contributed by atoms with Crippen LogP contribution in [0.1, 0.15) is 29.2 Å². The Hall–Kier alpha value is -4.34. The van der Waals surface area contributed by atoms with Gasteiger partial charge in [0.2, 0.25) is 0 Å². The van der Waals surface area contributed by atoms with E-state index in [2.05, 4.69) is 23.7 Å². The van der Waals surface area contributed by atoms with E-state index in [0.29, 0.717) is 18.8 Å². The number of allylic oxidation sites excluding steroid dienone is 2. The quantitative estimate of drug-likeness (QED) is 0.148. The van der Waals surface area contributed by atoms with Crippen molar-refractivity contribution in [2.24, 2.45) is 0 Å². The molecule has 0 aliphatic carbocycles. The van der Waals surface area contributed by atoms with Gasteiger partial charge in [-0.3, -0.25) is 0 Å². The third-order valence-corrected chi connectivity index (χ3v) is 7.79. The van der Waals surface area contributed by atoms with Crippen molar-refractivity contribution in [1.29, 1.82) is 0 Å². The summed E-state index contributed by atoms with van der Waals surface area (Å²) in [4.78, 5) is 24.1. The van der Waals surface area contributed by atoms with Gasteiger partial charge < -0.3 is 19.7 Å². The lowest BCUT2D eigenvalue weighted by Crippen LogP contribution is -2.26. The lowest BCUT2D eigenvalue weighted by atomic mass is 10.1. The Morgan fingerprint density at radius 1 is 0.864 bits per heavy atom. The van der Waals surface area contributed by atoms with Gasteiger partial charge in [-0.2, -0.15) is 0 Å². The number of carboxylic acid groups (broad SMARTS) is 2. The van der Waals surface area contributed by atoms with Crippen LogP contribution in [0, 0.1) is 30.6 Å². The van der Waals surface area contributed by atoms with Gasteiger partial charge in [0.15, 0.2) is 12.7 Å². The third-order valence-electron chi connectivity index (χ3n) is 5.88. The van der Waals surface area contributed by atoms with Crippen LogP contribution >= 0.6 is 23.5 Å². The Labute approximate surface area is 267 Å². The summed E-state index contributed by atoms with van der Waals surface area (Å²) in [6.45, 7) is 3.70. The molecule has 1 atom stereocenters. The van der Waals surface area contributed by atoms with Crippen molar-refractivity contribution < 1.29 is 29.3 Å². The van der Waals surface area contributed by atoms with Crippen LogP contribution in [0.3, 0.4) is 0 Å². The molecule has 8 heteroatoms. The van der Waals surface area contributed by atoms with Gasteiger partial charge in [0.1, 0.15) is 5.75 Å². The molecule has 6 nitrogen and oxygen atoms in total. The molecule has 0 radical (unpaired) electrons. The fraction of sp³-hybridized carbons (Fsp3) is 0.222. The van der Waals surface area contributed by atoms with Crippen molar-refractivity contribution >= 4 is 35.5 Å². The molecule has 0 spiro atoms. The van der Waals surface area contributed by atoms with E-state index in [0.717, 1.165) is 43.6 Å². The van der Waals surface area contributed by atoms with Gasteiger partial charge in [0.05, 0.1) is 0 Å². The fourth-order valence-corrected chi connectivity index (χ4v) is 5.32. The molecule has 226 valence electrons. The summed E-state index contributed by atoms with van der Waals surface area (Å²) in [6.07, 6.45) is 7.22. The second-order valence-corrected chi connectivity index (χ2v) is 11.5. The summed E-state index contributed by atoms with van der Waals surface area (Å²) < 4.78 is 10.6. The number of thioether (sulfide) groups is 2. The zero-order valence-corrected chi connectivity index (χ0v) is 26.3. The van der Waals surface area contributed by atoms with E-state index in [1.165, 1.54) is 0 Å².